The Morgan fingerprint density at radius 1 is 1.69 bits per heavy atom. The number of carbonyl (C=O) groups is 1. The molecule has 0 amide bonds. The summed E-state index contributed by atoms with van der Waals surface area (Å²) in [7, 11) is 0. The van der Waals surface area contributed by atoms with E-state index in [0.717, 1.165) is 6.42 Å². The molecule has 0 heterocycles. The van der Waals surface area contributed by atoms with E-state index in [1.54, 1.807) is 12.2 Å². The molecule has 0 bridgehead atoms. The number of carbonyl (C=O) groups excluding carboxylic acids is 1. The molecule has 0 saturated carbocycles. The fourth-order valence-electron chi connectivity index (χ4n) is 1.79. The van der Waals surface area contributed by atoms with Crippen LogP contribution in [0.2, 0.25) is 0 Å². The van der Waals surface area contributed by atoms with Crippen LogP contribution >= 0.6 is 0 Å². The summed E-state index contributed by atoms with van der Waals surface area (Å²) in [6, 6.07) is -0.507. The predicted molar refractivity (Wildman–Crippen MR) is 65.5 cm³/mol. The smallest absolute Gasteiger partial charge is 0.173 e. The number of nitrogens with one attached hydrogen (secondary N) is 1. The molecule has 0 aromatic rings. The summed E-state index contributed by atoms with van der Waals surface area (Å²) < 4.78 is 0. The van der Waals surface area contributed by atoms with Crippen molar-refractivity contribution in [3.63, 3.8) is 0 Å². The Morgan fingerprint density at radius 2 is 2.31 bits per heavy atom. The minimum Gasteiger partial charge on any atom is -0.321 e. The highest BCUT2D eigenvalue weighted by atomic mass is 16.1. The van der Waals surface area contributed by atoms with Crippen LogP contribution in [0.5, 0.6) is 0 Å². The summed E-state index contributed by atoms with van der Waals surface area (Å²) in [5.41, 5.74) is 11.5. The van der Waals surface area contributed by atoms with E-state index in [0.29, 0.717) is 18.6 Å². The molecule has 3 atom stereocenters. The van der Waals surface area contributed by atoms with Crippen molar-refractivity contribution in [1.82, 2.24) is 0 Å². The molecule has 0 aromatic carbocycles. The summed E-state index contributed by atoms with van der Waals surface area (Å²) in [6.45, 7) is 3.97. The van der Waals surface area contributed by atoms with E-state index >= 15 is 0 Å². The molecule has 0 spiro atoms. The third-order valence-corrected chi connectivity index (χ3v) is 3.41. The monoisotopic (exact) mass is 223 g/mol. The first-order valence-corrected chi connectivity index (χ1v) is 5.76. The van der Waals surface area contributed by atoms with Crippen LogP contribution in [-0.4, -0.2) is 23.1 Å². The zero-order valence-corrected chi connectivity index (χ0v) is 9.99. The van der Waals surface area contributed by atoms with Gasteiger partial charge in [-0.05, 0) is 24.8 Å². The highest BCUT2D eigenvalue weighted by Crippen LogP contribution is 2.22. The molecule has 1 unspecified atom stereocenters. The molecule has 90 valence electrons. The van der Waals surface area contributed by atoms with Crippen LogP contribution in [0, 0.1) is 11.3 Å². The van der Waals surface area contributed by atoms with Crippen LogP contribution in [0.4, 0.5) is 0 Å². The van der Waals surface area contributed by atoms with Crippen molar-refractivity contribution in [2.24, 2.45) is 17.4 Å². The molecule has 0 fully saturated rings. The molecule has 0 aliphatic heterocycles. The Kier molecular flexibility index (Phi) is 3.99. The standard InChI is InChI=1S/C12H21N3O/c1-3-8(2)10(14)11(16)12(15)6-4-9(13)5-7-12/h4,6,8,10,13H,3,5,7,14-15H2,1-2H3/t8-,10-,12?/m0/s1. The number of allylic oxidation sites excluding steroid dienone is 1. The fraction of sp³-hybridized carbons (Fsp3) is 0.667. The Bertz CT molecular complexity index is 324. The minimum atomic E-state index is -0.965. The molecule has 0 aromatic heterocycles. The minimum absolute atomic E-state index is 0.106. The van der Waals surface area contributed by atoms with Crippen LogP contribution in [0.15, 0.2) is 12.2 Å². The van der Waals surface area contributed by atoms with Crippen molar-refractivity contribution >= 4 is 11.5 Å². The van der Waals surface area contributed by atoms with E-state index in [4.69, 9.17) is 16.9 Å². The number of hydrogen-bond acceptors (Lipinski definition) is 4. The van der Waals surface area contributed by atoms with Crippen LogP contribution in [0.1, 0.15) is 33.1 Å². The Balaban J connectivity index is 2.80. The average Bonchev–Trinajstić information content (AvgIpc) is 2.30. The predicted octanol–water partition coefficient (Wildman–Crippen LogP) is 0.996. The first-order valence-electron chi connectivity index (χ1n) is 5.76. The molecule has 1 rings (SSSR count). The summed E-state index contributed by atoms with van der Waals surface area (Å²) in [5.74, 6) is 0.0355. The molecule has 5 N–H and O–H groups in total. The lowest BCUT2D eigenvalue weighted by atomic mass is 9.78. The zero-order chi connectivity index (χ0) is 12.3. The van der Waals surface area contributed by atoms with Crippen molar-refractivity contribution in [3.05, 3.63) is 12.2 Å². The maximum absolute atomic E-state index is 12.2. The van der Waals surface area contributed by atoms with Gasteiger partial charge in [0.2, 0.25) is 0 Å². The number of ketones is 1. The van der Waals surface area contributed by atoms with Crippen LogP contribution in [-0.2, 0) is 4.79 Å². The van der Waals surface area contributed by atoms with Crippen molar-refractivity contribution in [3.8, 4) is 0 Å². The summed E-state index contributed by atoms with van der Waals surface area (Å²) in [5, 5.41) is 7.45. The van der Waals surface area contributed by atoms with Gasteiger partial charge in [0, 0.05) is 5.71 Å². The second kappa shape index (κ2) is 4.89. The first kappa shape index (κ1) is 13.1. The van der Waals surface area contributed by atoms with Crippen LogP contribution in [0.3, 0.4) is 0 Å². The van der Waals surface area contributed by atoms with Crippen molar-refractivity contribution in [1.29, 1.82) is 5.41 Å². The van der Waals surface area contributed by atoms with Gasteiger partial charge in [0.1, 0.15) is 0 Å². The highest BCUT2D eigenvalue weighted by molar-refractivity contribution is 6.00. The van der Waals surface area contributed by atoms with Crippen molar-refractivity contribution in [2.45, 2.75) is 44.7 Å². The first-order chi connectivity index (χ1) is 7.40. The molecule has 4 nitrogen and oxygen atoms in total. The Morgan fingerprint density at radius 3 is 2.75 bits per heavy atom. The van der Waals surface area contributed by atoms with Crippen molar-refractivity contribution < 1.29 is 4.79 Å². The summed E-state index contributed by atoms with van der Waals surface area (Å²) >= 11 is 0. The topological polar surface area (TPSA) is 93.0 Å². The number of Topliss-reactive ketones (excluding diaryl/α,β-unsaturated/α-hetero) is 1. The van der Waals surface area contributed by atoms with Gasteiger partial charge in [-0.2, -0.15) is 0 Å². The second-order valence-corrected chi connectivity index (χ2v) is 4.67. The van der Waals surface area contributed by atoms with E-state index in [-0.39, 0.29) is 11.7 Å². The van der Waals surface area contributed by atoms with E-state index in [1.165, 1.54) is 0 Å². The zero-order valence-electron chi connectivity index (χ0n) is 9.99. The molecular formula is C12H21N3O. The average molecular weight is 223 g/mol. The maximum atomic E-state index is 12.2. The van der Waals surface area contributed by atoms with Gasteiger partial charge in [0.25, 0.3) is 0 Å². The molecule has 1 aliphatic carbocycles. The fourth-order valence-corrected chi connectivity index (χ4v) is 1.79. The number of hydrogen-bond donors (Lipinski definition) is 3. The normalized spacial score (nSPS) is 28.9. The summed E-state index contributed by atoms with van der Waals surface area (Å²) in [6.07, 6.45) is 5.15. The van der Waals surface area contributed by atoms with Gasteiger partial charge in [-0.3, -0.25) is 4.79 Å². The van der Waals surface area contributed by atoms with E-state index < -0.39 is 11.6 Å². The third-order valence-electron chi connectivity index (χ3n) is 3.41. The van der Waals surface area contributed by atoms with E-state index in [9.17, 15) is 4.79 Å². The Labute approximate surface area is 96.6 Å². The van der Waals surface area contributed by atoms with E-state index in [1.807, 2.05) is 13.8 Å². The molecular weight excluding hydrogens is 202 g/mol. The Hall–Kier alpha value is -1.00. The van der Waals surface area contributed by atoms with Gasteiger partial charge >= 0.3 is 0 Å². The van der Waals surface area contributed by atoms with Crippen LogP contribution < -0.4 is 11.5 Å². The van der Waals surface area contributed by atoms with Gasteiger partial charge in [-0.15, -0.1) is 0 Å². The van der Waals surface area contributed by atoms with Gasteiger partial charge < -0.3 is 16.9 Å². The molecule has 16 heavy (non-hydrogen) atoms. The lowest BCUT2D eigenvalue weighted by Crippen LogP contribution is -2.56. The second-order valence-electron chi connectivity index (χ2n) is 4.67. The SMILES string of the molecule is CC[C@H](C)[C@H](N)C(=O)C1(N)C=CC(=N)CC1. The third kappa shape index (κ3) is 2.57. The lowest BCUT2D eigenvalue weighted by molar-refractivity contribution is -0.125. The highest BCUT2D eigenvalue weighted by Gasteiger charge is 2.37. The van der Waals surface area contributed by atoms with Gasteiger partial charge in [0.05, 0.1) is 11.6 Å². The number of nitrogens with two attached hydrogens (primary N) is 2. The van der Waals surface area contributed by atoms with Crippen LogP contribution in [0.25, 0.3) is 0 Å². The number of rotatable bonds is 4. The van der Waals surface area contributed by atoms with Gasteiger partial charge in [-0.25, -0.2) is 0 Å². The molecule has 0 saturated heterocycles. The molecule has 4 heteroatoms. The molecule has 1 aliphatic rings. The van der Waals surface area contributed by atoms with Crippen molar-refractivity contribution in [2.75, 3.05) is 0 Å². The van der Waals surface area contributed by atoms with Gasteiger partial charge in [-0.1, -0.05) is 26.3 Å². The van der Waals surface area contributed by atoms with E-state index in [2.05, 4.69) is 0 Å². The summed E-state index contributed by atoms with van der Waals surface area (Å²) in [4.78, 5) is 12.2. The molecule has 0 radical (unpaired) electrons. The lowest BCUT2D eigenvalue weighted by Gasteiger charge is -2.31. The largest absolute Gasteiger partial charge is 0.321 e. The quantitative estimate of drug-likeness (QED) is 0.663. The van der Waals surface area contributed by atoms with Gasteiger partial charge in [0.15, 0.2) is 5.78 Å². The maximum Gasteiger partial charge on any atom is 0.173 e.